The Balaban J connectivity index is 2.62. The van der Waals surface area contributed by atoms with Crippen molar-refractivity contribution >= 4 is 11.7 Å². The first-order valence-corrected chi connectivity index (χ1v) is 4.78. The second-order valence-corrected chi connectivity index (χ2v) is 2.98. The predicted molar refractivity (Wildman–Crippen MR) is 56.2 cm³/mol. The van der Waals surface area contributed by atoms with E-state index in [1.807, 2.05) is 0 Å². The minimum Gasteiger partial charge on any atom is -0.733 e. The van der Waals surface area contributed by atoms with E-state index in [2.05, 4.69) is 4.74 Å². The van der Waals surface area contributed by atoms with Gasteiger partial charge in [0.25, 0.3) is 0 Å². The number of anilines is 1. The van der Waals surface area contributed by atoms with Crippen LogP contribution in [0.1, 0.15) is 6.92 Å². The number of ether oxygens (including phenoxy) is 2. The summed E-state index contributed by atoms with van der Waals surface area (Å²) in [5.74, 6) is -1.48. The average molecular weight is 244 g/mol. The third kappa shape index (κ3) is 3.89. The van der Waals surface area contributed by atoms with Crippen LogP contribution < -0.4 is 9.96 Å². The average Bonchev–Trinajstić information content (AvgIpc) is 2.26. The van der Waals surface area contributed by atoms with E-state index in [1.165, 1.54) is 6.07 Å². The number of hydrogen-bond acceptors (Lipinski definition) is 6. The molecule has 0 aliphatic carbocycles. The number of rotatable bonds is 5. The molecule has 0 fully saturated rings. The SMILES string of the molecule is CCOC(=O)COc1ccc(N([O-])O)c(F)c1. The Hall–Kier alpha value is -1.86. The van der Waals surface area contributed by atoms with Crippen LogP contribution in [0.25, 0.3) is 0 Å². The van der Waals surface area contributed by atoms with Crippen LogP contribution in [0.2, 0.25) is 0 Å². The maximum Gasteiger partial charge on any atom is 0.344 e. The van der Waals surface area contributed by atoms with Gasteiger partial charge in [-0.1, -0.05) is 0 Å². The molecule has 1 N–H and O–H groups in total. The van der Waals surface area contributed by atoms with E-state index in [0.29, 0.717) is 0 Å². The molecule has 7 heteroatoms. The molecule has 0 aromatic heterocycles. The first-order valence-electron chi connectivity index (χ1n) is 4.78. The summed E-state index contributed by atoms with van der Waals surface area (Å²) in [7, 11) is 0. The Morgan fingerprint density at radius 2 is 2.29 bits per heavy atom. The van der Waals surface area contributed by atoms with E-state index in [9.17, 15) is 14.4 Å². The molecule has 0 unspecified atom stereocenters. The minimum atomic E-state index is -0.955. The summed E-state index contributed by atoms with van der Waals surface area (Å²) in [5.41, 5.74) is -0.534. The highest BCUT2D eigenvalue weighted by Crippen LogP contribution is 2.22. The quantitative estimate of drug-likeness (QED) is 0.623. The van der Waals surface area contributed by atoms with E-state index < -0.39 is 22.7 Å². The lowest BCUT2D eigenvalue weighted by Crippen LogP contribution is -2.15. The second-order valence-electron chi connectivity index (χ2n) is 2.98. The summed E-state index contributed by atoms with van der Waals surface area (Å²) in [6.07, 6.45) is 0. The maximum absolute atomic E-state index is 13.2. The van der Waals surface area contributed by atoms with E-state index in [1.54, 1.807) is 6.92 Å². The standard InChI is InChI=1S/C10H11FNO5/c1-2-16-10(13)6-17-7-3-4-9(12(14)15)8(11)5-7/h3-5,14H,2,6H2,1H3/q-1. The Kier molecular flexibility index (Phi) is 4.68. The highest BCUT2D eigenvalue weighted by atomic mass is 19.1. The van der Waals surface area contributed by atoms with Crippen LogP contribution in [0.3, 0.4) is 0 Å². The van der Waals surface area contributed by atoms with Crippen molar-refractivity contribution in [3.8, 4) is 5.75 Å². The second kappa shape index (κ2) is 6.02. The zero-order valence-corrected chi connectivity index (χ0v) is 9.05. The lowest BCUT2D eigenvalue weighted by Gasteiger charge is -2.22. The molecule has 1 rings (SSSR count). The zero-order chi connectivity index (χ0) is 12.8. The third-order valence-corrected chi connectivity index (χ3v) is 1.79. The molecule has 0 atom stereocenters. The highest BCUT2D eigenvalue weighted by Gasteiger charge is 2.07. The van der Waals surface area contributed by atoms with Crippen molar-refractivity contribution in [3.05, 3.63) is 29.2 Å². The van der Waals surface area contributed by atoms with Crippen molar-refractivity contribution in [1.82, 2.24) is 0 Å². The van der Waals surface area contributed by atoms with Gasteiger partial charge in [-0.05, 0) is 19.1 Å². The minimum absolute atomic E-state index is 0.0566. The van der Waals surface area contributed by atoms with Crippen molar-refractivity contribution in [3.63, 3.8) is 0 Å². The fraction of sp³-hybridized carbons (Fsp3) is 0.300. The third-order valence-electron chi connectivity index (χ3n) is 1.79. The topological polar surface area (TPSA) is 82.1 Å². The van der Waals surface area contributed by atoms with E-state index in [0.717, 1.165) is 12.1 Å². The molecular weight excluding hydrogens is 233 g/mol. The molecule has 1 aromatic carbocycles. The smallest absolute Gasteiger partial charge is 0.344 e. The van der Waals surface area contributed by atoms with Gasteiger partial charge in [0.2, 0.25) is 0 Å². The van der Waals surface area contributed by atoms with Crippen LogP contribution in [-0.2, 0) is 9.53 Å². The number of halogens is 1. The normalized spacial score (nSPS) is 9.88. The summed E-state index contributed by atoms with van der Waals surface area (Å²) < 4.78 is 22.7. The van der Waals surface area contributed by atoms with Crippen LogP contribution in [0, 0.1) is 11.0 Å². The van der Waals surface area contributed by atoms with Gasteiger partial charge in [0.1, 0.15) is 5.75 Å². The molecule has 0 amide bonds. The fourth-order valence-corrected chi connectivity index (χ4v) is 1.08. The van der Waals surface area contributed by atoms with Crippen molar-refractivity contribution < 1.29 is 23.9 Å². The van der Waals surface area contributed by atoms with Crippen molar-refractivity contribution in [2.24, 2.45) is 0 Å². The molecule has 17 heavy (non-hydrogen) atoms. The van der Waals surface area contributed by atoms with Crippen molar-refractivity contribution in [2.75, 3.05) is 18.4 Å². The van der Waals surface area contributed by atoms with Gasteiger partial charge >= 0.3 is 5.97 Å². The molecule has 1 aromatic rings. The molecule has 0 spiro atoms. The molecule has 0 heterocycles. The fourth-order valence-electron chi connectivity index (χ4n) is 1.08. The number of nitrogens with zero attached hydrogens (tertiary/aromatic N) is 1. The summed E-state index contributed by atoms with van der Waals surface area (Å²) in [6.45, 7) is 1.52. The first kappa shape index (κ1) is 13.2. The Bertz CT molecular complexity index is 396. The van der Waals surface area contributed by atoms with Crippen LogP contribution in [0.15, 0.2) is 18.2 Å². The van der Waals surface area contributed by atoms with Crippen molar-refractivity contribution in [1.29, 1.82) is 0 Å². The Morgan fingerprint density at radius 1 is 1.59 bits per heavy atom. The van der Waals surface area contributed by atoms with Crippen LogP contribution in [0.5, 0.6) is 5.75 Å². The number of hydrogen-bond donors (Lipinski definition) is 1. The van der Waals surface area contributed by atoms with E-state index in [-0.39, 0.29) is 19.0 Å². The Morgan fingerprint density at radius 3 is 2.82 bits per heavy atom. The van der Waals surface area contributed by atoms with Gasteiger partial charge < -0.3 is 19.9 Å². The largest absolute Gasteiger partial charge is 0.733 e. The summed E-state index contributed by atoms with van der Waals surface area (Å²) in [5, 5.41) is 18.4. The van der Waals surface area contributed by atoms with E-state index >= 15 is 0 Å². The molecular formula is C10H11FNO5-. The summed E-state index contributed by atoms with van der Waals surface area (Å²) >= 11 is 0. The van der Waals surface area contributed by atoms with Gasteiger partial charge in [-0.25, -0.2) is 9.18 Å². The number of esters is 1. The van der Waals surface area contributed by atoms with E-state index in [4.69, 9.17) is 9.94 Å². The summed E-state index contributed by atoms with van der Waals surface area (Å²) in [6, 6.07) is 3.16. The molecule has 94 valence electrons. The van der Waals surface area contributed by atoms with Gasteiger partial charge in [0.05, 0.1) is 12.3 Å². The molecule has 0 saturated carbocycles. The van der Waals surface area contributed by atoms with Gasteiger partial charge in [-0.15, -0.1) is 0 Å². The molecule has 0 saturated heterocycles. The van der Waals surface area contributed by atoms with Gasteiger partial charge in [-0.2, -0.15) is 0 Å². The van der Waals surface area contributed by atoms with Gasteiger partial charge in [0, 0.05) is 6.07 Å². The number of carbonyl (C=O) groups excluding carboxylic acids is 1. The van der Waals surface area contributed by atoms with Crippen LogP contribution in [-0.4, -0.2) is 24.4 Å². The summed E-state index contributed by atoms with van der Waals surface area (Å²) in [4.78, 5) is 10.9. The van der Waals surface area contributed by atoms with Crippen LogP contribution in [0.4, 0.5) is 10.1 Å². The zero-order valence-electron chi connectivity index (χ0n) is 9.05. The van der Waals surface area contributed by atoms with Crippen LogP contribution >= 0.6 is 0 Å². The number of carbonyl (C=O) groups is 1. The predicted octanol–water partition coefficient (Wildman–Crippen LogP) is 1.46. The highest BCUT2D eigenvalue weighted by molar-refractivity contribution is 5.71. The molecule has 0 aliphatic heterocycles. The molecule has 0 bridgehead atoms. The monoisotopic (exact) mass is 244 g/mol. The molecule has 0 aliphatic rings. The van der Waals surface area contributed by atoms with Crippen molar-refractivity contribution in [2.45, 2.75) is 6.92 Å². The van der Waals surface area contributed by atoms with Gasteiger partial charge in [0.15, 0.2) is 12.4 Å². The molecule has 6 nitrogen and oxygen atoms in total. The number of benzene rings is 1. The maximum atomic E-state index is 13.2. The molecule has 0 radical (unpaired) electrons. The van der Waals surface area contributed by atoms with Gasteiger partial charge in [-0.3, -0.25) is 5.21 Å². The Labute approximate surface area is 96.7 Å². The lowest BCUT2D eigenvalue weighted by atomic mass is 10.3. The lowest BCUT2D eigenvalue weighted by molar-refractivity contribution is -0.145. The first-order chi connectivity index (χ1) is 8.04.